The topological polar surface area (TPSA) is 41.4 Å². The maximum absolute atomic E-state index is 13.0. The minimum absolute atomic E-state index is 0.126. The first-order valence-electron chi connectivity index (χ1n) is 10.2. The van der Waals surface area contributed by atoms with Crippen LogP contribution in [0.25, 0.3) is 0 Å². The Balaban J connectivity index is 1.65. The highest BCUT2D eigenvalue weighted by Gasteiger charge is 2.28. The van der Waals surface area contributed by atoms with E-state index in [1.807, 2.05) is 41.4 Å². The molecular weight excluding hydrogens is 348 g/mol. The zero-order valence-electron chi connectivity index (χ0n) is 17.2. The van der Waals surface area contributed by atoms with Gasteiger partial charge in [-0.05, 0) is 64.0 Å². The smallest absolute Gasteiger partial charge is 0.253 e. The van der Waals surface area contributed by atoms with Crippen molar-refractivity contribution in [3.63, 3.8) is 0 Å². The summed E-state index contributed by atoms with van der Waals surface area (Å²) in [7, 11) is 4.20. The number of benzene rings is 1. The number of carbonyl (C=O) groups is 1. The lowest BCUT2D eigenvalue weighted by molar-refractivity contribution is 0.0703. The molecule has 0 bridgehead atoms. The number of piperidine rings is 1. The van der Waals surface area contributed by atoms with Crippen molar-refractivity contribution in [2.24, 2.45) is 0 Å². The van der Waals surface area contributed by atoms with Gasteiger partial charge in [0, 0.05) is 43.5 Å². The second-order valence-electron chi connectivity index (χ2n) is 7.92. The number of likely N-dealkylation sites (tertiary alicyclic amines) is 1. The first-order chi connectivity index (χ1) is 13.6. The van der Waals surface area contributed by atoms with Crippen LogP contribution in [0.3, 0.4) is 0 Å². The maximum Gasteiger partial charge on any atom is 0.253 e. The number of imidazole rings is 1. The standard InChI is InChI=1S/C23H32N4O/c1-4-7-19-9-11-20(12-10-19)23(28)27-15-5-8-21(18-27)22-24-13-17-26(22)16-6-14-25(2)3/h4,9-13,17,21H,1,5-8,14-16,18H2,2-3H3/t21-/m0/s1. The normalized spacial score (nSPS) is 17.1. The SMILES string of the molecule is C=CCc1ccc(C(=O)N2CCC[C@H](c3nccn3CCCN(C)C)C2)cc1. The molecule has 1 aromatic carbocycles. The van der Waals surface area contributed by atoms with E-state index in [-0.39, 0.29) is 5.91 Å². The number of rotatable bonds is 8. The molecule has 0 N–H and O–H groups in total. The number of allylic oxidation sites excluding steroid dienone is 1. The van der Waals surface area contributed by atoms with Crippen molar-refractivity contribution in [1.82, 2.24) is 19.4 Å². The van der Waals surface area contributed by atoms with Crippen LogP contribution in [0.4, 0.5) is 0 Å². The minimum atomic E-state index is 0.126. The summed E-state index contributed by atoms with van der Waals surface area (Å²) in [6.45, 7) is 7.38. The average Bonchev–Trinajstić information content (AvgIpc) is 3.17. The van der Waals surface area contributed by atoms with Crippen LogP contribution in [0, 0.1) is 0 Å². The van der Waals surface area contributed by atoms with Crippen LogP contribution in [0.5, 0.6) is 0 Å². The number of hydrogen-bond acceptors (Lipinski definition) is 3. The monoisotopic (exact) mass is 380 g/mol. The van der Waals surface area contributed by atoms with Crippen LogP contribution in [-0.4, -0.2) is 59.0 Å². The molecule has 5 nitrogen and oxygen atoms in total. The third kappa shape index (κ3) is 5.10. The predicted octanol–water partition coefficient (Wildman–Crippen LogP) is 3.58. The van der Waals surface area contributed by atoms with Crippen LogP contribution >= 0.6 is 0 Å². The molecule has 1 fully saturated rings. The van der Waals surface area contributed by atoms with Crippen LogP contribution in [0.1, 0.15) is 46.9 Å². The third-order valence-corrected chi connectivity index (χ3v) is 5.41. The fourth-order valence-electron chi connectivity index (χ4n) is 3.93. The van der Waals surface area contributed by atoms with Gasteiger partial charge >= 0.3 is 0 Å². The molecule has 2 aromatic rings. The van der Waals surface area contributed by atoms with Gasteiger partial charge < -0.3 is 14.4 Å². The maximum atomic E-state index is 13.0. The second-order valence-corrected chi connectivity index (χ2v) is 7.92. The number of nitrogens with zero attached hydrogens (tertiary/aromatic N) is 4. The third-order valence-electron chi connectivity index (χ3n) is 5.41. The Kier molecular flexibility index (Phi) is 7.04. The molecule has 0 saturated carbocycles. The second kappa shape index (κ2) is 9.69. The summed E-state index contributed by atoms with van der Waals surface area (Å²) in [5.41, 5.74) is 1.95. The van der Waals surface area contributed by atoms with Gasteiger partial charge in [-0.25, -0.2) is 4.98 Å². The summed E-state index contributed by atoms with van der Waals surface area (Å²) in [5, 5.41) is 0. The molecule has 0 aliphatic carbocycles. The van der Waals surface area contributed by atoms with Gasteiger partial charge in [0.1, 0.15) is 5.82 Å². The molecule has 0 unspecified atom stereocenters. The minimum Gasteiger partial charge on any atom is -0.338 e. The molecule has 150 valence electrons. The lowest BCUT2D eigenvalue weighted by atomic mass is 9.96. The number of aryl methyl sites for hydroxylation is 1. The van der Waals surface area contributed by atoms with Crippen LogP contribution in [0.15, 0.2) is 49.3 Å². The van der Waals surface area contributed by atoms with E-state index in [4.69, 9.17) is 0 Å². The van der Waals surface area contributed by atoms with Crippen molar-refractivity contribution >= 4 is 5.91 Å². The zero-order valence-corrected chi connectivity index (χ0v) is 17.2. The summed E-state index contributed by atoms with van der Waals surface area (Å²) in [6, 6.07) is 7.92. The molecule has 28 heavy (non-hydrogen) atoms. The van der Waals surface area contributed by atoms with E-state index < -0.39 is 0 Å². The summed E-state index contributed by atoms with van der Waals surface area (Å²) in [4.78, 5) is 21.8. The van der Waals surface area contributed by atoms with Gasteiger partial charge in [0.2, 0.25) is 0 Å². The van der Waals surface area contributed by atoms with E-state index >= 15 is 0 Å². The van der Waals surface area contributed by atoms with Gasteiger partial charge in [-0.15, -0.1) is 6.58 Å². The summed E-state index contributed by atoms with van der Waals surface area (Å²) in [6.07, 6.45) is 9.89. The highest BCUT2D eigenvalue weighted by molar-refractivity contribution is 5.94. The fourth-order valence-corrected chi connectivity index (χ4v) is 3.93. The lowest BCUT2D eigenvalue weighted by Crippen LogP contribution is -2.39. The van der Waals surface area contributed by atoms with Crippen LogP contribution in [0.2, 0.25) is 0 Å². The Morgan fingerprint density at radius 3 is 2.82 bits per heavy atom. The Hall–Kier alpha value is -2.40. The Morgan fingerprint density at radius 1 is 1.32 bits per heavy atom. The van der Waals surface area contributed by atoms with Crippen LogP contribution < -0.4 is 0 Å². The van der Waals surface area contributed by atoms with E-state index in [1.54, 1.807) is 0 Å². The van der Waals surface area contributed by atoms with E-state index in [1.165, 1.54) is 5.56 Å². The number of carbonyl (C=O) groups excluding carboxylic acids is 1. The van der Waals surface area contributed by atoms with Gasteiger partial charge in [0.05, 0.1) is 0 Å². The molecule has 1 amide bonds. The lowest BCUT2D eigenvalue weighted by Gasteiger charge is -2.33. The Labute approximate surface area is 168 Å². The van der Waals surface area contributed by atoms with E-state index in [9.17, 15) is 4.79 Å². The van der Waals surface area contributed by atoms with Gasteiger partial charge in [0.25, 0.3) is 5.91 Å². The number of aromatic nitrogens is 2. The van der Waals surface area contributed by atoms with Crippen molar-refractivity contribution in [3.05, 3.63) is 66.3 Å². The Morgan fingerprint density at radius 2 is 2.11 bits per heavy atom. The largest absolute Gasteiger partial charge is 0.338 e. The summed E-state index contributed by atoms with van der Waals surface area (Å²) < 4.78 is 2.27. The zero-order chi connectivity index (χ0) is 19.9. The number of amides is 1. The van der Waals surface area contributed by atoms with Crippen molar-refractivity contribution in [3.8, 4) is 0 Å². The first-order valence-corrected chi connectivity index (χ1v) is 10.2. The first kappa shape index (κ1) is 20.3. The molecule has 0 radical (unpaired) electrons. The molecule has 1 aliphatic heterocycles. The molecule has 0 spiro atoms. The van der Waals surface area contributed by atoms with Gasteiger partial charge in [-0.2, -0.15) is 0 Å². The molecule has 1 atom stereocenters. The molecule has 1 saturated heterocycles. The highest BCUT2D eigenvalue weighted by atomic mass is 16.2. The molecule has 2 heterocycles. The van der Waals surface area contributed by atoms with Crippen LogP contribution in [-0.2, 0) is 13.0 Å². The molecule has 1 aliphatic rings. The molecule has 5 heteroatoms. The van der Waals surface area contributed by atoms with Crippen molar-refractivity contribution in [1.29, 1.82) is 0 Å². The Bertz CT molecular complexity index is 778. The molecule has 3 rings (SSSR count). The van der Waals surface area contributed by atoms with E-state index in [0.29, 0.717) is 5.92 Å². The quantitative estimate of drug-likeness (QED) is 0.657. The van der Waals surface area contributed by atoms with Gasteiger partial charge in [-0.1, -0.05) is 18.2 Å². The van der Waals surface area contributed by atoms with Gasteiger partial charge in [-0.3, -0.25) is 4.79 Å². The predicted molar refractivity (Wildman–Crippen MR) is 114 cm³/mol. The van der Waals surface area contributed by atoms with Crippen molar-refractivity contribution in [2.75, 3.05) is 33.7 Å². The van der Waals surface area contributed by atoms with E-state index in [2.05, 4.69) is 41.3 Å². The number of hydrogen-bond donors (Lipinski definition) is 0. The summed E-state index contributed by atoms with van der Waals surface area (Å²) in [5.74, 6) is 1.56. The average molecular weight is 381 g/mol. The van der Waals surface area contributed by atoms with Gasteiger partial charge in [0.15, 0.2) is 0 Å². The van der Waals surface area contributed by atoms with E-state index in [0.717, 1.165) is 63.3 Å². The summed E-state index contributed by atoms with van der Waals surface area (Å²) >= 11 is 0. The van der Waals surface area contributed by atoms with Crippen molar-refractivity contribution < 1.29 is 4.79 Å². The van der Waals surface area contributed by atoms with Crippen molar-refractivity contribution in [2.45, 2.75) is 38.1 Å². The molecule has 1 aromatic heterocycles. The highest BCUT2D eigenvalue weighted by Crippen LogP contribution is 2.27. The fraction of sp³-hybridized carbons (Fsp3) is 0.478. The molecular formula is C23H32N4O.